The molecule has 4 rings (SSSR count). The molecule has 0 bridgehead atoms. The van der Waals surface area contributed by atoms with Crippen LogP contribution in [0.4, 0.5) is 24.3 Å². The summed E-state index contributed by atoms with van der Waals surface area (Å²) in [5.41, 5.74) is 7.92. The first-order valence-corrected chi connectivity index (χ1v) is 10.9. The van der Waals surface area contributed by atoms with E-state index in [4.69, 9.17) is 5.73 Å². The van der Waals surface area contributed by atoms with Gasteiger partial charge in [0.25, 0.3) is 5.91 Å². The van der Waals surface area contributed by atoms with Gasteiger partial charge < -0.3 is 25.7 Å². The zero-order valence-corrected chi connectivity index (χ0v) is 19.6. The largest absolute Gasteiger partial charge is 0.573 e. The molecule has 0 saturated heterocycles. The number of thiazole rings is 1. The van der Waals surface area contributed by atoms with Crippen molar-refractivity contribution >= 4 is 62.0 Å². The summed E-state index contributed by atoms with van der Waals surface area (Å²) in [4.78, 5) is 21.3. The highest BCUT2D eigenvalue weighted by Gasteiger charge is 2.31. The number of nitrogens with one attached hydrogen (secondary N) is 2. The molecule has 13 heteroatoms. The molecule has 0 unspecified atom stereocenters. The minimum atomic E-state index is -4.76. The highest BCUT2D eigenvalue weighted by Crippen LogP contribution is 2.33. The minimum absolute atomic E-state index is 0. The van der Waals surface area contributed by atoms with E-state index in [1.165, 1.54) is 29.5 Å². The van der Waals surface area contributed by atoms with E-state index in [1.54, 1.807) is 18.2 Å². The lowest BCUT2D eigenvalue weighted by molar-refractivity contribution is -0.274. The van der Waals surface area contributed by atoms with E-state index in [0.29, 0.717) is 45.5 Å². The Hall–Kier alpha value is -3.09. The summed E-state index contributed by atoms with van der Waals surface area (Å²) in [6, 6.07) is 9.21. The van der Waals surface area contributed by atoms with Crippen molar-refractivity contribution in [2.45, 2.75) is 19.2 Å². The summed E-state index contributed by atoms with van der Waals surface area (Å²) in [5, 5.41) is 6.42. The van der Waals surface area contributed by atoms with Crippen LogP contribution in [-0.4, -0.2) is 39.9 Å². The number of aryl methyl sites for hydroxylation is 1. The third-order valence-corrected chi connectivity index (χ3v) is 5.81. The fourth-order valence-corrected chi connectivity index (χ4v) is 4.17. The van der Waals surface area contributed by atoms with Crippen LogP contribution >= 0.6 is 23.7 Å². The van der Waals surface area contributed by atoms with Gasteiger partial charge in [0.15, 0.2) is 5.13 Å². The number of aromatic nitrogens is 3. The molecule has 0 radical (unpaired) electrons. The van der Waals surface area contributed by atoms with E-state index >= 15 is 0 Å². The number of unbranched alkanes of at least 4 members (excludes halogenated alkanes) is 1. The molecule has 4 aromatic rings. The zero-order chi connectivity index (χ0) is 23.6. The molecule has 2 aromatic heterocycles. The number of rotatable bonds is 8. The number of carbonyl (C=O) groups is 1. The number of imidazole rings is 1. The Morgan fingerprint density at radius 2 is 1.94 bits per heavy atom. The number of ether oxygens (including phenoxy) is 1. The van der Waals surface area contributed by atoms with Crippen molar-refractivity contribution in [2.75, 3.05) is 18.4 Å². The predicted molar refractivity (Wildman–Crippen MR) is 128 cm³/mol. The molecule has 34 heavy (non-hydrogen) atoms. The Bertz CT molecular complexity index is 1310. The van der Waals surface area contributed by atoms with Crippen molar-refractivity contribution in [1.29, 1.82) is 0 Å². The average Bonchev–Trinajstić information content (AvgIpc) is 3.29. The molecule has 0 saturated carbocycles. The second-order valence-corrected chi connectivity index (χ2v) is 8.30. The second-order valence-electron chi connectivity index (χ2n) is 7.27. The smallest absolute Gasteiger partial charge is 0.406 e. The number of hydrogen-bond acceptors (Lipinski definition) is 7. The number of nitrogens with two attached hydrogens (primary N) is 1. The molecule has 0 fully saturated rings. The Morgan fingerprint density at radius 1 is 1.15 bits per heavy atom. The van der Waals surface area contributed by atoms with E-state index in [1.807, 2.05) is 11.6 Å². The van der Waals surface area contributed by atoms with Crippen molar-refractivity contribution in [3.8, 4) is 5.75 Å². The van der Waals surface area contributed by atoms with Crippen LogP contribution in [0.3, 0.4) is 0 Å². The molecule has 2 aromatic carbocycles. The van der Waals surface area contributed by atoms with E-state index in [9.17, 15) is 18.0 Å². The van der Waals surface area contributed by atoms with Crippen molar-refractivity contribution in [3.63, 3.8) is 0 Å². The molecule has 0 spiro atoms. The van der Waals surface area contributed by atoms with E-state index in [2.05, 4.69) is 25.3 Å². The monoisotopic (exact) mass is 514 g/mol. The first-order chi connectivity index (χ1) is 15.7. The summed E-state index contributed by atoms with van der Waals surface area (Å²) < 4.78 is 43.7. The van der Waals surface area contributed by atoms with Gasteiger partial charge in [-0.05, 0) is 49.7 Å². The number of amides is 1. The summed E-state index contributed by atoms with van der Waals surface area (Å²) in [5.74, 6) is -0.00442. The first kappa shape index (κ1) is 25.5. The lowest BCUT2D eigenvalue weighted by atomic mass is 10.2. The molecule has 1 amide bonds. The zero-order valence-electron chi connectivity index (χ0n) is 18.0. The highest BCUT2D eigenvalue weighted by molar-refractivity contribution is 7.22. The van der Waals surface area contributed by atoms with Crippen LogP contribution in [0.15, 0.2) is 36.4 Å². The molecular formula is C21H22ClF3N6O2S. The van der Waals surface area contributed by atoms with E-state index in [-0.39, 0.29) is 24.1 Å². The summed E-state index contributed by atoms with van der Waals surface area (Å²) >= 11 is 1.18. The van der Waals surface area contributed by atoms with Gasteiger partial charge in [-0.25, -0.2) is 9.97 Å². The van der Waals surface area contributed by atoms with Gasteiger partial charge >= 0.3 is 6.36 Å². The Kier molecular flexibility index (Phi) is 7.85. The molecule has 182 valence electrons. The van der Waals surface area contributed by atoms with Gasteiger partial charge in [-0.3, -0.25) is 4.79 Å². The molecule has 0 atom stereocenters. The number of halogens is 4. The number of anilines is 2. The molecule has 2 heterocycles. The van der Waals surface area contributed by atoms with E-state index in [0.717, 1.165) is 18.4 Å². The van der Waals surface area contributed by atoms with Crippen molar-refractivity contribution in [3.05, 3.63) is 42.0 Å². The van der Waals surface area contributed by atoms with Gasteiger partial charge in [-0.15, -0.1) is 25.6 Å². The van der Waals surface area contributed by atoms with E-state index < -0.39 is 6.36 Å². The maximum Gasteiger partial charge on any atom is 0.573 e. The lowest BCUT2D eigenvalue weighted by Crippen LogP contribution is -2.24. The van der Waals surface area contributed by atoms with Crippen LogP contribution in [0.5, 0.6) is 5.75 Å². The highest BCUT2D eigenvalue weighted by atomic mass is 35.5. The topological polar surface area (TPSA) is 107 Å². The average molecular weight is 515 g/mol. The quantitative estimate of drug-likeness (QED) is 0.294. The predicted octanol–water partition coefficient (Wildman–Crippen LogP) is 4.72. The molecule has 0 aliphatic heterocycles. The number of carbonyl (C=O) groups excluding carboxylic acids is 1. The summed E-state index contributed by atoms with van der Waals surface area (Å²) in [6.07, 6.45) is -3.10. The second kappa shape index (κ2) is 10.5. The lowest BCUT2D eigenvalue weighted by Gasteiger charge is -2.07. The number of hydrogen-bond donors (Lipinski definition) is 3. The number of fused-ring (bicyclic) bond motifs is 2. The SMILES string of the molecule is Cl.Cn1c(Nc2nc3ccc(OC(F)(F)F)cc3s2)nc2cc(C(=O)NCCCCN)ccc21. The Labute approximate surface area is 202 Å². The third kappa shape index (κ3) is 5.88. The third-order valence-electron chi connectivity index (χ3n) is 4.87. The van der Waals surface area contributed by atoms with Gasteiger partial charge in [-0.2, -0.15) is 0 Å². The van der Waals surface area contributed by atoms with Crippen LogP contribution in [0.25, 0.3) is 21.3 Å². The standard InChI is InChI=1S/C21H21F3N6O2S.ClH/c1-30-16-7-4-12(18(31)26-9-3-2-8-25)10-15(16)27-19(30)29-20-28-14-6-5-13(11-17(14)33-20)32-21(22,23)24;/h4-7,10-11H,2-3,8-9,25H2,1H3,(H,26,31)(H,27,28,29);1H. The normalized spacial score (nSPS) is 11.4. The molecule has 0 aliphatic carbocycles. The van der Waals surface area contributed by atoms with Gasteiger partial charge in [-0.1, -0.05) is 11.3 Å². The number of alkyl halides is 3. The van der Waals surface area contributed by atoms with Crippen molar-refractivity contribution in [1.82, 2.24) is 19.9 Å². The van der Waals surface area contributed by atoms with Crippen molar-refractivity contribution < 1.29 is 22.7 Å². The van der Waals surface area contributed by atoms with Gasteiger partial charge in [0.2, 0.25) is 5.95 Å². The molecule has 8 nitrogen and oxygen atoms in total. The van der Waals surface area contributed by atoms with Crippen LogP contribution in [0.2, 0.25) is 0 Å². The fourth-order valence-electron chi connectivity index (χ4n) is 3.28. The van der Waals surface area contributed by atoms with Crippen LogP contribution in [0.1, 0.15) is 23.2 Å². The van der Waals surface area contributed by atoms with Crippen LogP contribution < -0.4 is 21.1 Å². The van der Waals surface area contributed by atoms with Gasteiger partial charge in [0.05, 0.1) is 21.3 Å². The van der Waals surface area contributed by atoms with Crippen LogP contribution in [0, 0.1) is 0 Å². The molecule has 0 aliphatic rings. The molecular weight excluding hydrogens is 493 g/mol. The first-order valence-electron chi connectivity index (χ1n) is 10.1. The Balaban J connectivity index is 0.00000324. The molecule has 4 N–H and O–H groups in total. The van der Waals surface area contributed by atoms with Crippen LogP contribution in [-0.2, 0) is 7.05 Å². The summed E-state index contributed by atoms with van der Waals surface area (Å²) in [6.45, 7) is 1.14. The van der Waals surface area contributed by atoms with Gasteiger partial charge in [0.1, 0.15) is 5.75 Å². The maximum atomic E-state index is 12.5. The minimum Gasteiger partial charge on any atom is -0.406 e. The van der Waals surface area contributed by atoms with Crippen molar-refractivity contribution in [2.24, 2.45) is 12.8 Å². The number of nitrogens with zero attached hydrogens (tertiary/aromatic N) is 3. The Morgan fingerprint density at radius 3 is 2.68 bits per heavy atom. The number of benzene rings is 2. The maximum absolute atomic E-state index is 12.5. The van der Waals surface area contributed by atoms with Gasteiger partial charge in [0, 0.05) is 25.2 Å². The summed E-state index contributed by atoms with van der Waals surface area (Å²) in [7, 11) is 1.81. The fraction of sp³-hybridized carbons (Fsp3) is 0.286.